The molecule has 0 saturated carbocycles. The normalized spacial score (nSPS) is 12.8. The molecular weight excluding hydrogens is 462 g/mol. The fourth-order valence-electron chi connectivity index (χ4n) is 4.91. The monoisotopic (exact) mass is 489 g/mol. The summed E-state index contributed by atoms with van der Waals surface area (Å²) >= 11 is 0. The van der Waals surface area contributed by atoms with Gasteiger partial charge >= 0.3 is 0 Å². The summed E-state index contributed by atoms with van der Waals surface area (Å²) in [5.74, 6) is 0.384. The van der Waals surface area contributed by atoms with Crippen molar-refractivity contribution in [2.45, 2.75) is 26.4 Å². The fourth-order valence-corrected chi connectivity index (χ4v) is 4.91. The van der Waals surface area contributed by atoms with Crippen LogP contribution in [-0.2, 0) is 12.6 Å². The molecule has 5 aromatic rings. The van der Waals surface area contributed by atoms with E-state index in [2.05, 4.69) is 16.0 Å². The van der Waals surface area contributed by atoms with E-state index in [1.165, 1.54) is 0 Å². The SMILES string of the molecule is COc1nc2c(C)cc(C(O)(c3ccc(C)nc3)c3cncn3C)cc2c(C#N)c1-c1cccc(C)c1. The number of methoxy groups -OCH3 is 1. The molecule has 0 fully saturated rings. The van der Waals surface area contributed by atoms with Crippen LogP contribution in [-0.4, -0.2) is 31.7 Å². The number of nitrogens with zero attached hydrogens (tertiary/aromatic N) is 5. The van der Waals surface area contributed by atoms with Crippen molar-refractivity contribution in [3.05, 3.63) is 106 Å². The molecule has 1 unspecified atom stereocenters. The molecule has 7 heteroatoms. The minimum absolute atomic E-state index is 0.384. The summed E-state index contributed by atoms with van der Waals surface area (Å²) in [5.41, 5.74) is 5.45. The molecule has 0 radical (unpaired) electrons. The largest absolute Gasteiger partial charge is 0.480 e. The molecule has 3 heterocycles. The highest BCUT2D eigenvalue weighted by Gasteiger charge is 2.38. The van der Waals surface area contributed by atoms with Crippen molar-refractivity contribution in [1.29, 1.82) is 5.26 Å². The average molecular weight is 490 g/mol. The molecule has 3 aromatic heterocycles. The lowest BCUT2D eigenvalue weighted by atomic mass is 9.82. The Morgan fingerprint density at radius 2 is 1.84 bits per heavy atom. The lowest BCUT2D eigenvalue weighted by Gasteiger charge is -2.30. The zero-order valence-corrected chi connectivity index (χ0v) is 21.4. The number of rotatable bonds is 5. The van der Waals surface area contributed by atoms with Crippen molar-refractivity contribution in [1.82, 2.24) is 19.5 Å². The molecule has 0 amide bonds. The molecule has 1 N–H and O–H groups in total. The Kier molecular flexibility index (Phi) is 5.98. The average Bonchev–Trinajstić information content (AvgIpc) is 3.33. The van der Waals surface area contributed by atoms with E-state index in [1.54, 1.807) is 30.4 Å². The lowest BCUT2D eigenvalue weighted by molar-refractivity contribution is 0.117. The van der Waals surface area contributed by atoms with Crippen molar-refractivity contribution >= 4 is 10.9 Å². The summed E-state index contributed by atoms with van der Waals surface area (Å²) < 4.78 is 7.45. The highest BCUT2D eigenvalue weighted by atomic mass is 16.5. The van der Waals surface area contributed by atoms with E-state index in [-0.39, 0.29) is 0 Å². The molecule has 2 aromatic carbocycles. The van der Waals surface area contributed by atoms with Gasteiger partial charge in [0.15, 0.2) is 5.60 Å². The number of imidazole rings is 1. The van der Waals surface area contributed by atoms with E-state index < -0.39 is 5.60 Å². The van der Waals surface area contributed by atoms with Gasteiger partial charge < -0.3 is 14.4 Å². The zero-order chi connectivity index (χ0) is 26.3. The lowest BCUT2D eigenvalue weighted by Crippen LogP contribution is -2.31. The summed E-state index contributed by atoms with van der Waals surface area (Å²) in [5, 5.41) is 23.5. The first kappa shape index (κ1) is 24.2. The van der Waals surface area contributed by atoms with Crippen LogP contribution in [0.15, 0.2) is 67.3 Å². The van der Waals surface area contributed by atoms with Crippen molar-refractivity contribution in [3.8, 4) is 23.1 Å². The second kappa shape index (κ2) is 9.16. The van der Waals surface area contributed by atoms with Crippen molar-refractivity contribution in [2.75, 3.05) is 7.11 Å². The first-order chi connectivity index (χ1) is 17.8. The van der Waals surface area contributed by atoms with Gasteiger partial charge in [0.1, 0.15) is 6.07 Å². The Morgan fingerprint density at radius 1 is 1.03 bits per heavy atom. The Labute approximate surface area is 215 Å². The number of fused-ring (bicyclic) bond motifs is 1. The Morgan fingerprint density at radius 3 is 2.46 bits per heavy atom. The number of aromatic nitrogens is 4. The van der Waals surface area contributed by atoms with Gasteiger partial charge in [-0.1, -0.05) is 42.0 Å². The zero-order valence-electron chi connectivity index (χ0n) is 21.4. The third kappa shape index (κ3) is 3.92. The van der Waals surface area contributed by atoms with Gasteiger partial charge in [0, 0.05) is 29.9 Å². The molecule has 0 bridgehead atoms. The summed E-state index contributed by atoms with van der Waals surface area (Å²) in [6, 6.07) is 17.8. The van der Waals surface area contributed by atoms with Crippen LogP contribution in [0, 0.1) is 32.1 Å². The molecule has 1 atom stereocenters. The third-order valence-electron chi connectivity index (χ3n) is 6.79. The predicted octanol–water partition coefficient (Wildman–Crippen LogP) is 5.12. The molecule has 184 valence electrons. The maximum absolute atomic E-state index is 12.4. The van der Waals surface area contributed by atoms with Gasteiger partial charge in [0.05, 0.1) is 42.0 Å². The molecule has 0 aliphatic carbocycles. The topological polar surface area (TPSA) is 96.8 Å². The Bertz CT molecular complexity index is 1680. The first-order valence-corrected chi connectivity index (χ1v) is 11.9. The Balaban J connectivity index is 1.87. The Hall–Kier alpha value is -4.54. The van der Waals surface area contributed by atoms with Crippen LogP contribution in [0.4, 0.5) is 0 Å². The standard InChI is InChI=1S/C30H27N5O2/c1-18-7-6-8-21(11-18)27-25(14-31)24-13-23(12-19(2)28(24)34-29(27)37-5)30(36,26-16-32-17-35(26)4)22-10-9-20(3)33-15-22/h6-13,15-17,36H,1-5H3. The van der Waals surface area contributed by atoms with Gasteiger partial charge in [-0.05, 0) is 49.6 Å². The van der Waals surface area contributed by atoms with Gasteiger partial charge in [-0.3, -0.25) is 4.98 Å². The van der Waals surface area contributed by atoms with E-state index in [9.17, 15) is 10.4 Å². The number of aliphatic hydroxyl groups is 1. The molecule has 0 saturated heterocycles. The fraction of sp³-hybridized carbons (Fsp3) is 0.200. The smallest absolute Gasteiger partial charge is 0.223 e. The van der Waals surface area contributed by atoms with Crippen molar-refractivity contribution in [3.63, 3.8) is 0 Å². The number of hydrogen-bond donors (Lipinski definition) is 1. The third-order valence-corrected chi connectivity index (χ3v) is 6.79. The van der Waals surface area contributed by atoms with Gasteiger partial charge in [0.2, 0.25) is 5.88 Å². The van der Waals surface area contributed by atoms with E-state index in [1.807, 2.05) is 76.3 Å². The molecule has 0 spiro atoms. The van der Waals surface area contributed by atoms with Crippen molar-refractivity contribution < 1.29 is 9.84 Å². The van der Waals surface area contributed by atoms with Crippen LogP contribution in [0.1, 0.15) is 39.2 Å². The minimum Gasteiger partial charge on any atom is -0.480 e. The number of benzene rings is 2. The van der Waals surface area contributed by atoms with Crippen LogP contribution in [0.5, 0.6) is 5.88 Å². The number of ether oxygens (including phenoxy) is 1. The minimum atomic E-state index is -1.57. The van der Waals surface area contributed by atoms with Gasteiger partial charge in [-0.2, -0.15) is 5.26 Å². The first-order valence-electron chi connectivity index (χ1n) is 11.9. The van der Waals surface area contributed by atoms with Gasteiger partial charge in [0.25, 0.3) is 0 Å². The second-order valence-corrected chi connectivity index (χ2v) is 9.33. The van der Waals surface area contributed by atoms with Crippen LogP contribution < -0.4 is 4.74 Å². The van der Waals surface area contributed by atoms with E-state index in [0.29, 0.717) is 44.7 Å². The maximum atomic E-state index is 12.4. The maximum Gasteiger partial charge on any atom is 0.223 e. The number of aryl methyl sites for hydroxylation is 4. The van der Waals surface area contributed by atoms with Crippen LogP contribution in [0.2, 0.25) is 0 Å². The van der Waals surface area contributed by atoms with Gasteiger partial charge in [-0.25, -0.2) is 9.97 Å². The molecule has 0 aliphatic rings. The predicted molar refractivity (Wildman–Crippen MR) is 142 cm³/mol. The second-order valence-electron chi connectivity index (χ2n) is 9.33. The molecule has 37 heavy (non-hydrogen) atoms. The summed E-state index contributed by atoms with van der Waals surface area (Å²) in [4.78, 5) is 13.5. The van der Waals surface area contributed by atoms with Crippen LogP contribution in [0.3, 0.4) is 0 Å². The van der Waals surface area contributed by atoms with E-state index >= 15 is 0 Å². The highest BCUT2D eigenvalue weighted by molar-refractivity contribution is 5.96. The molecule has 7 nitrogen and oxygen atoms in total. The molecule has 0 aliphatic heterocycles. The number of hydrogen-bond acceptors (Lipinski definition) is 6. The van der Waals surface area contributed by atoms with E-state index in [4.69, 9.17) is 9.72 Å². The van der Waals surface area contributed by atoms with E-state index in [0.717, 1.165) is 22.4 Å². The summed E-state index contributed by atoms with van der Waals surface area (Å²) in [6.45, 7) is 5.82. The molecular formula is C30H27N5O2. The van der Waals surface area contributed by atoms with Gasteiger partial charge in [-0.15, -0.1) is 0 Å². The van der Waals surface area contributed by atoms with Crippen molar-refractivity contribution in [2.24, 2.45) is 7.05 Å². The number of pyridine rings is 2. The highest BCUT2D eigenvalue weighted by Crippen LogP contribution is 2.42. The number of nitriles is 1. The summed E-state index contributed by atoms with van der Waals surface area (Å²) in [6.07, 6.45) is 4.98. The molecule has 5 rings (SSSR count). The van der Waals surface area contributed by atoms with Crippen LogP contribution >= 0.6 is 0 Å². The quantitative estimate of drug-likeness (QED) is 0.368. The van der Waals surface area contributed by atoms with Crippen LogP contribution in [0.25, 0.3) is 22.0 Å². The summed E-state index contributed by atoms with van der Waals surface area (Å²) in [7, 11) is 3.40.